The van der Waals surface area contributed by atoms with Gasteiger partial charge >= 0.3 is 18.2 Å². The molecular formula is C16H15F3N2O3S. The molecule has 134 valence electrons. The predicted molar refractivity (Wildman–Crippen MR) is 85.6 cm³/mol. The van der Waals surface area contributed by atoms with E-state index in [2.05, 4.69) is 5.32 Å². The van der Waals surface area contributed by atoms with E-state index in [4.69, 9.17) is 10.5 Å². The molecule has 0 aliphatic heterocycles. The van der Waals surface area contributed by atoms with E-state index in [1.165, 1.54) is 23.5 Å². The number of nitrogens with one attached hydrogen (secondary N) is 1. The lowest BCUT2D eigenvalue weighted by Crippen LogP contribution is -2.34. The van der Waals surface area contributed by atoms with Gasteiger partial charge in [0, 0.05) is 4.88 Å². The maximum atomic E-state index is 12.5. The van der Waals surface area contributed by atoms with Crippen LogP contribution in [0.5, 0.6) is 0 Å². The van der Waals surface area contributed by atoms with Crippen molar-refractivity contribution in [2.75, 3.05) is 0 Å². The zero-order valence-electron chi connectivity index (χ0n) is 12.9. The fourth-order valence-corrected chi connectivity index (χ4v) is 2.84. The SMILES string of the molecule is NC(=O)NC(CC(=O)OCc1ccc(C(F)(F)F)cc1)c1cccs1. The van der Waals surface area contributed by atoms with Crippen molar-refractivity contribution in [2.45, 2.75) is 25.2 Å². The highest BCUT2D eigenvalue weighted by Crippen LogP contribution is 2.29. The number of hydrogen-bond donors (Lipinski definition) is 2. The summed E-state index contributed by atoms with van der Waals surface area (Å²) in [4.78, 5) is 23.7. The minimum absolute atomic E-state index is 0.135. The van der Waals surface area contributed by atoms with E-state index in [9.17, 15) is 22.8 Å². The summed E-state index contributed by atoms with van der Waals surface area (Å²) in [6.07, 6.45) is -4.55. The summed E-state index contributed by atoms with van der Waals surface area (Å²) in [5, 5.41) is 4.25. The number of halogens is 3. The lowest BCUT2D eigenvalue weighted by molar-refractivity contribution is -0.145. The maximum absolute atomic E-state index is 12.5. The van der Waals surface area contributed by atoms with Crippen LogP contribution in [-0.4, -0.2) is 12.0 Å². The second-order valence-corrected chi connectivity index (χ2v) is 6.12. The van der Waals surface area contributed by atoms with Crippen LogP contribution in [0.2, 0.25) is 0 Å². The Morgan fingerprint density at radius 3 is 2.40 bits per heavy atom. The van der Waals surface area contributed by atoms with Gasteiger partial charge in [-0.3, -0.25) is 4.79 Å². The highest BCUT2D eigenvalue weighted by molar-refractivity contribution is 7.10. The highest BCUT2D eigenvalue weighted by Gasteiger charge is 2.30. The number of ether oxygens (including phenoxy) is 1. The van der Waals surface area contributed by atoms with Crippen LogP contribution in [0.4, 0.5) is 18.0 Å². The molecule has 1 heterocycles. The summed E-state index contributed by atoms with van der Waals surface area (Å²) >= 11 is 1.35. The molecule has 0 bridgehead atoms. The van der Waals surface area contributed by atoms with Gasteiger partial charge in [-0.25, -0.2) is 4.79 Å². The number of amides is 2. The number of carbonyl (C=O) groups excluding carboxylic acids is 2. The number of thiophene rings is 1. The van der Waals surface area contributed by atoms with Gasteiger partial charge in [-0.15, -0.1) is 11.3 Å². The molecule has 0 spiro atoms. The van der Waals surface area contributed by atoms with E-state index in [0.717, 1.165) is 17.0 Å². The standard InChI is InChI=1S/C16H15F3N2O3S/c17-16(18,19)11-5-3-10(4-6-11)9-24-14(22)8-12(21-15(20)23)13-2-1-7-25-13/h1-7,12H,8-9H2,(H3,20,21,23). The number of nitrogens with two attached hydrogens (primary N) is 1. The van der Waals surface area contributed by atoms with E-state index < -0.39 is 29.8 Å². The number of alkyl halides is 3. The third kappa shape index (κ3) is 5.79. The zero-order chi connectivity index (χ0) is 18.4. The molecule has 1 atom stereocenters. The average molecular weight is 372 g/mol. The van der Waals surface area contributed by atoms with Gasteiger partial charge in [0.15, 0.2) is 0 Å². The van der Waals surface area contributed by atoms with E-state index in [1.807, 2.05) is 0 Å². The number of primary amides is 1. The van der Waals surface area contributed by atoms with Gasteiger partial charge in [0.2, 0.25) is 0 Å². The quantitative estimate of drug-likeness (QED) is 0.760. The largest absolute Gasteiger partial charge is 0.461 e. The molecule has 0 saturated carbocycles. The summed E-state index contributed by atoms with van der Waals surface area (Å²) in [5.41, 5.74) is 4.76. The van der Waals surface area contributed by atoms with Crippen molar-refractivity contribution in [3.8, 4) is 0 Å². The minimum atomic E-state index is -4.41. The van der Waals surface area contributed by atoms with Gasteiger partial charge in [0.1, 0.15) is 6.61 Å². The van der Waals surface area contributed by atoms with Crippen molar-refractivity contribution >= 4 is 23.3 Å². The second kappa shape index (κ2) is 8.02. The maximum Gasteiger partial charge on any atom is 0.416 e. The van der Waals surface area contributed by atoms with Crippen molar-refractivity contribution < 1.29 is 27.5 Å². The summed E-state index contributed by atoms with van der Waals surface area (Å²) in [6, 6.07) is 6.46. The smallest absolute Gasteiger partial charge is 0.416 e. The molecule has 0 saturated heterocycles. The molecule has 25 heavy (non-hydrogen) atoms. The van der Waals surface area contributed by atoms with Crippen LogP contribution in [0.3, 0.4) is 0 Å². The van der Waals surface area contributed by atoms with Gasteiger partial charge in [-0.05, 0) is 29.1 Å². The van der Waals surface area contributed by atoms with E-state index >= 15 is 0 Å². The fourth-order valence-electron chi connectivity index (χ4n) is 2.06. The third-order valence-electron chi connectivity index (χ3n) is 3.25. The minimum Gasteiger partial charge on any atom is -0.461 e. The van der Waals surface area contributed by atoms with Gasteiger partial charge in [-0.1, -0.05) is 18.2 Å². The van der Waals surface area contributed by atoms with Crippen molar-refractivity contribution in [3.05, 3.63) is 57.8 Å². The molecule has 0 aliphatic rings. The van der Waals surface area contributed by atoms with Crippen molar-refractivity contribution in [1.29, 1.82) is 0 Å². The van der Waals surface area contributed by atoms with Crippen LogP contribution in [0.1, 0.15) is 28.5 Å². The van der Waals surface area contributed by atoms with E-state index in [-0.39, 0.29) is 13.0 Å². The molecule has 2 amide bonds. The average Bonchev–Trinajstić information content (AvgIpc) is 3.06. The summed E-state index contributed by atoms with van der Waals surface area (Å²) < 4.78 is 42.5. The Morgan fingerprint density at radius 2 is 1.88 bits per heavy atom. The Balaban J connectivity index is 1.91. The Labute approximate surface area is 145 Å². The normalized spacial score (nSPS) is 12.4. The first-order valence-electron chi connectivity index (χ1n) is 7.17. The summed E-state index contributed by atoms with van der Waals surface area (Å²) in [5.74, 6) is -0.605. The summed E-state index contributed by atoms with van der Waals surface area (Å²) in [6.45, 7) is -0.162. The van der Waals surface area contributed by atoms with Gasteiger partial charge < -0.3 is 15.8 Å². The Kier molecular flexibility index (Phi) is 6.02. The van der Waals surface area contributed by atoms with Gasteiger partial charge in [-0.2, -0.15) is 13.2 Å². The van der Waals surface area contributed by atoms with Crippen LogP contribution in [0.25, 0.3) is 0 Å². The number of urea groups is 1. The Bertz CT molecular complexity index is 715. The number of benzene rings is 1. The highest BCUT2D eigenvalue weighted by atomic mass is 32.1. The first-order chi connectivity index (χ1) is 11.8. The lowest BCUT2D eigenvalue weighted by Gasteiger charge is -2.15. The van der Waals surface area contributed by atoms with Gasteiger partial charge in [0.05, 0.1) is 18.0 Å². The molecule has 2 aromatic rings. The monoisotopic (exact) mass is 372 g/mol. The molecule has 9 heteroatoms. The Morgan fingerprint density at radius 1 is 1.20 bits per heavy atom. The molecule has 0 fully saturated rings. The topological polar surface area (TPSA) is 81.4 Å². The van der Waals surface area contributed by atoms with Gasteiger partial charge in [0.25, 0.3) is 0 Å². The molecule has 1 aromatic heterocycles. The Hall–Kier alpha value is -2.55. The van der Waals surface area contributed by atoms with Crippen molar-refractivity contribution in [3.63, 3.8) is 0 Å². The van der Waals surface area contributed by atoms with E-state index in [1.54, 1.807) is 17.5 Å². The zero-order valence-corrected chi connectivity index (χ0v) is 13.7. The van der Waals surface area contributed by atoms with Crippen molar-refractivity contribution in [1.82, 2.24) is 5.32 Å². The number of carbonyl (C=O) groups is 2. The van der Waals surface area contributed by atoms with Crippen LogP contribution < -0.4 is 11.1 Å². The second-order valence-electron chi connectivity index (χ2n) is 5.14. The number of esters is 1. The van der Waals surface area contributed by atoms with E-state index in [0.29, 0.717) is 5.56 Å². The van der Waals surface area contributed by atoms with Crippen molar-refractivity contribution in [2.24, 2.45) is 5.73 Å². The molecule has 0 aliphatic carbocycles. The predicted octanol–water partition coefficient (Wildman–Crippen LogP) is 3.61. The van der Waals surface area contributed by atoms with Crippen LogP contribution in [0.15, 0.2) is 41.8 Å². The molecule has 5 nitrogen and oxygen atoms in total. The number of hydrogen-bond acceptors (Lipinski definition) is 4. The molecule has 2 rings (SSSR count). The van der Waals surface area contributed by atoms with Crippen LogP contribution in [-0.2, 0) is 22.3 Å². The number of rotatable bonds is 6. The molecule has 1 unspecified atom stereocenters. The molecule has 0 radical (unpaired) electrons. The first kappa shape index (κ1) is 18.8. The molecule has 3 N–H and O–H groups in total. The summed E-state index contributed by atoms with van der Waals surface area (Å²) in [7, 11) is 0. The lowest BCUT2D eigenvalue weighted by atomic mass is 10.1. The fraction of sp³-hybridized carbons (Fsp3) is 0.250. The molecular weight excluding hydrogens is 357 g/mol. The van der Waals surface area contributed by atoms with Crippen LogP contribution in [0, 0.1) is 0 Å². The molecule has 1 aromatic carbocycles. The third-order valence-corrected chi connectivity index (χ3v) is 4.24. The first-order valence-corrected chi connectivity index (χ1v) is 8.05. The van der Waals surface area contributed by atoms with Crippen LogP contribution >= 0.6 is 11.3 Å².